The number of amides is 1. The topological polar surface area (TPSA) is 67.6 Å². The standard InChI is InChI=1S/C20H25N3O2/c1-3-14-6-5-7-15(4-2)20(14)22-19(24)13-23-10-11-25-18-12-16(21)8-9-17(18)23/h5-9,12H,3-4,10-11,13,21H2,1-2H3,(H,22,24). The summed E-state index contributed by atoms with van der Waals surface area (Å²) in [5.41, 5.74) is 10.7. The largest absolute Gasteiger partial charge is 0.489 e. The van der Waals surface area contributed by atoms with Crippen molar-refractivity contribution in [3.63, 3.8) is 0 Å². The Morgan fingerprint density at radius 2 is 1.92 bits per heavy atom. The first-order chi connectivity index (χ1) is 12.1. The maximum absolute atomic E-state index is 12.7. The number of hydrogen-bond donors (Lipinski definition) is 2. The molecule has 0 radical (unpaired) electrons. The van der Waals surface area contributed by atoms with Crippen molar-refractivity contribution in [3.8, 4) is 5.75 Å². The molecule has 3 N–H and O–H groups in total. The van der Waals surface area contributed by atoms with Gasteiger partial charge in [-0.1, -0.05) is 32.0 Å². The van der Waals surface area contributed by atoms with Crippen LogP contribution >= 0.6 is 0 Å². The van der Waals surface area contributed by atoms with Crippen LogP contribution < -0.4 is 20.7 Å². The molecule has 0 aliphatic carbocycles. The van der Waals surface area contributed by atoms with Crippen LogP contribution in [0.4, 0.5) is 17.1 Å². The third kappa shape index (κ3) is 3.71. The molecule has 1 amide bonds. The molecule has 5 heteroatoms. The van der Waals surface area contributed by atoms with Gasteiger partial charge < -0.3 is 20.7 Å². The van der Waals surface area contributed by atoms with Crippen molar-refractivity contribution in [1.29, 1.82) is 0 Å². The van der Waals surface area contributed by atoms with E-state index in [1.165, 1.54) is 11.1 Å². The van der Waals surface area contributed by atoms with E-state index in [0.29, 0.717) is 25.4 Å². The highest BCUT2D eigenvalue weighted by Gasteiger charge is 2.21. The third-order valence-electron chi connectivity index (χ3n) is 4.54. The number of rotatable bonds is 5. The van der Waals surface area contributed by atoms with Gasteiger partial charge in [-0.05, 0) is 36.1 Å². The Hall–Kier alpha value is -2.69. The molecule has 0 spiro atoms. The number of nitrogens with zero attached hydrogens (tertiary/aromatic N) is 1. The number of benzene rings is 2. The fourth-order valence-electron chi connectivity index (χ4n) is 3.21. The minimum absolute atomic E-state index is 0.0136. The van der Waals surface area contributed by atoms with E-state index < -0.39 is 0 Å². The number of hydrogen-bond acceptors (Lipinski definition) is 4. The highest BCUT2D eigenvalue weighted by atomic mass is 16.5. The number of fused-ring (bicyclic) bond motifs is 1. The highest BCUT2D eigenvalue weighted by Crippen LogP contribution is 2.33. The van der Waals surface area contributed by atoms with Crippen LogP contribution in [0.2, 0.25) is 0 Å². The van der Waals surface area contributed by atoms with Gasteiger partial charge in [-0.15, -0.1) is 0 Å². The van der Waals surface area contributed by atoms with Crippen molar-refractivity contribution in [2.45, 2.75) is 26.7 Å². The predicted molar refractivity (Wildman–Crippen MR) is 102 cm³/mol. The van der Waals surface area contributed by atoms with Gasteiger partial charge in [0.1, 0.15) is 12.4 Å². The average Bonchev–Trinajstić information content (AvgIpc) is 2.61. The summed E-state index contributed by atoms with van der Waals surface area (Å²) in [7, 11) is 0. The zero-order valence-corrected chi connectivity index (χ0v) is 14.8. The number of carbonyl (C=O) groups is 1. The number of para-hydroxylation sites is 1. The minimum Gasteiger partial charge on any atom is -0.489 e. The van der Waals surface area contributed by atoms with Crippen molar-refractivity contribution >= 4 is 23.0 Å². The summed E-state index contributed by atoms with van der Waals surface area (Å²) >= 11 is 0. The van der Waals surface area contributed by atoms with E-state index in [9.17, 15) is 4.79 Å². The number of anilines is 3. The van der Waals surface area contributed by atoms with Crippen LogP contribution in [-0.2, 0) is 17.6 Å². The number of aryl methyl sites for hydroxylation is 2. The molecule has 2 aromatic carbocycles. The molecule has 0 fully saturated rings. The van der Waals surface area contributed by atoms with Crippen LogP contribution in [0.15, 0.2) is 36.4 Å². The minimum atomic E-state index is -0.0136. The summed E-state index contributed by atoms with van der Waals surface area (Å²) < 4.78 is 5.65. The molecule has 3 rings (SSSR count). The van der Waals surface area contributed by atoms with Gasteiger partial charge in [0, 0.05) is 17.4 Å². The van der Waals surface area contributed by atoms with E-state index in [4.69, 9.17) is 10.5 Å². The molecule has 0 bridgehead atoms. The monoisotopic (exact) mass is 339 g/mol. The van der Waals surface area contributed by atoms with E-state index in [1.807, 2.05) is 17.0 Å². The molecular formula is C20H25N3O2. The Kier molecular flexibility index (Phi) is 5.12. The quantitative estimate of drug-likeness (QED) is 0.821. The van der Waals surface area contributed by atoms with Gasteiger partial charge in [-0.3, -0.25) is 4.79 Å². The van der Waals surface area contributed by atoms with Crippen LogP contribution in [0.3, 0.4) is 0 Å². The Morgan fingerprint density at radius 1 is 1.20 bits per heavy atom. The number of nitrogen functional groups attached to an aromatic ring is 1. The lowest BCUT2D eigenvalue weighted by Gasteiger charge is -2.31. The molecule has 0 unspecified atom stereocenters. The van der Waals surface area contributed by atoms with E-state index in [0.717, 1.165) is 30.0 Å². The van der Waals surface area contributed by atoms with E-state index >= 15 is 0 Å². The van der Waals surface area contributed by atoms with Crippen molar-refractivity contribution in [2.75, 3.05) is 35.6 Å². The van der Waals surface area contributed by atoms with Crippen LogP contribution in [0.1, 0.15) is 25.0 Å². The fourth-order valence-corrected chi connectivity index (χ4v) is 3.21. The molecule has 2 aromatic rings. The average molecular weight is 339 g/mol. The lowest BCUT2D eigenvalue weighted by Crippen LogP contribution is -2.39. The SMILES string of the molecule is CCc1cccc(CC)c1NC(=O)CN1CCOc2cc(N)ccc21. The second kappa shape index (κ2) is 7.47. The van der Waals surface area contributed by atoms with Gasteiger partial charge in [0.05, 0.1) is 18.8 Å². The van der Waals surface area contributed by atoms with Crippen LogP contribution in [0.25, 0.3) is 0 Å². The van der Waals surface area contributed by atoms with Crippen molar-refractivity contribution in [3.05, 3.63) is 47.5 Å². The Balaban J connectivity index is 1.77. The number of ether oxygens (including phenoxy) is 1. The summed E-state index contributed by atoms with van der Waals surface area (Å²) in [6, 6.07) is 11.7. The smallest absolute Gasteiger partial charge is 0.243 e. The zero-order valence-electron chi connectivity index (χ0n) is 14.8. The summed E-state index contributed by atoms with van der Waals surface area (Å²) in [5, 5.41) is 3.12. The summed E-state index contributed by atoms with van der Waals surface area (Å²) in [4.78, 5) is 14.7. The van der Waals surface area contributed by atoms with Crippen molar-refractivity contribution in [2.24, 2.45) is 0 Å². The Labute approximate surface area is 148 Å². The number of nitrogens with one attached hydrogen (secondary N) is 1. The molecule has 132 valence electrons. The Morgan fingerprint density at radius 3 is 2.60 bits per heavy atom. The molecular weight excluding hydrogens is 314 g/mol. The van der Waals surface area contributed by atoms with Crippen LogP contribution in [0.5, 0.6) is 5.75 Å². The normalized spacial score (nSPS) is 13.1. The molecule has 0 aromatic heterocycles. The van der Waals surface area contributed by atoms with Gasteiger partial charge in [-0.2, -0.15) is 0 Å². The highest BCUT2D eigenvalue weighted by molar-refractivity contribution is 5.96. The van der Waals surface area contributed by atoms with E-state index in [2.05, 4.69) is 37.4 Å². The maximum Gasteiger partial charge on any atom is 0.243 e. The van der Waals surface area contributed by atoms with Crippen molar-refractivity contribution in [1.82, 2.24) is 0 Å². The molecule has 1 aliphatic heterocycles. The first kappa shape index (κ1) is 17.1. The van der Waals surface area contributed by atoms with E-state index in [1.54, 1.807) is 6.07 Å². The number of carbonyl (C=O) groups excluding carboxylic acids is 1. The van der Waals surface area contributed by atoms with Gasteiger partial charge in [0.2, 0.25) is 5.91 Å². The maximum atomic E-state index is 12.7. The molecule has 0 atom stereocenters. The first-order valence-electron chi connectivity index (χ1n) is 8.80. The van der Waals surface area contributed by atoms with Crippen LogP contribution in [-0.4, -0.2) is 25.6 Å². The van der Waals surface area contributed by atoms with Gasteiger partial charge >= 0.3 is 0 Å². The molecule has 5 nitrogen and oxygen atoms in total. The van der Waals surface area contributed by atoms with E-state index in [-0.39, 0.29) is 5.91 Å². The van der Waals surface area contributed by atoms with Gasteiger partial charge in [0.25, 0.3) is 0 Å². The van der Waals surface area contributed by atoms with Gasteiger partial charge in [0.15, 0.2) is 0 Å². The molecule has 1 heterocycles. The number of nitrogens with two attached hydrogens (primary N) is 1. The van der Waals surface area contributed by atoms with Crippen LogP contribution in [0, 0.1) is 0 Å². The summed E-state index contributed by atoms with van der Waals surface area (Å²) in [6.45, 7) is 5.73. The molecule has 25 heavy (non-hydrogen) atoms. The van der Waals surface area contributed by atoms with Gasteiger partial charge in [-0.25, -0.2) is 0 Å². The summed E-state index contributed by atoms with van der Waals surface area (Å²) in [6.07, 6.45) is 1.78. The summed E-state index contributed by atoms with van der Waals surface area (Å²) in [5.74, 6) is 0.725. The predicted octanol–water partition coefficient (Wildman–Crippen LogP) is 3.23. The third-order valence-corrected chi connectivity index (χ3v) is 4.54. The Bertz CT molecular complexity index is 751. The zero-order chi connectivity index (χ0) is 17.8. The second-order valence-corrected chi connectivity index (χ2v) is 6.20. The van der Waals surface area contributed by atoms with Crippen molar-refractivity contribution < 1.29 is 9.53 Å². The second-order valence-electron chi connectivity index (χ2n) is 6.20. The first-order valence-corrected chi connectivity index (χ1v) is 8.80. The molecule has 1 aliphatic rings. The fraction of sp³-hybridized carbons (Fsp3) is 0.350. The molecule has 0 saturated carbocycles. The molecule has 0 saturated heterocycles. The lowest BCUT2D eigenvalue weighted by molar-refractivity contribution is -0.115. The lowest BCUT2D eigenvalue weighted by atomic mass is 10.0.